The number of halogens is 2. The van der Waals surface area contributed by atoms with Crippen molar-refractivity contribution in [3.63, 3.8) is 0 Å². The number of rotatable bonds is 3. The van der Waals surface area contributed by atoms with Gasteiger partial charge in [0.05, 0.1) is 5.41 Å². The van der Waals surface area contributed by atoms with Crippen LogP contribution in [-0.4, -0.2) is 16.2 Å². The maximum Gasteiger partial charge on any atom is 0.234 e. The minimum atomic E-state index is -0.213. The van der Waals surface area contributed by atoms with Crippen LogP contribution in [0.25, 0.3) is 0 Å². The highest BCUT2D eigenvalue weighted by Crippen LogP contribution is 2.39. The molecule has 112 valence electrons. The molecule has 2 unspecified atom stereocenters. The van der Waals surface area contributed by atoms with Crippen molar-refractivity contribution in [1.29, 1.82) is 0 Å². The Labute approximate surface area is 133 Å². The Morgan fingerprint density at radius 1 is 1.43 bits per heavy atom. The normalized spacial score (nSPS) is 25.4. The molecule has 21 heavy (non-hydrogen) atoms. The molecular formula is C15H17Cl2N3O. The molecule has 1 heterocycles. The standard InChI is InChI=1S/C15H17Cl2N3O/c1-15(6-2-3-12(15)18)14-19-13(20-21-14)7-9-4-5-10(16)8-11(9)17/h4-5,8,12H,2-3,6-7,18H2,1H3. The molecule has 2 aromatic rings. The molecule has 1 fully saturated rings. The average molecular weight is 326 g/mol. The second kappa shape index (κ2) is 5.59. The molecule has 0 radical (unpaired) electrons. The van der Waals surface area contributed by atoms with Crippen molar-refractivity contribution < 1.29 is 4.52 Å². The van der Waals surface area contributed by atoms with Crippen molar-refractivity contribution >= 4 is 23.2 Å². The second-order valence-electron chi connectivity index (χ2n) is 5.84. The maximum absolute atomic E-state index is 6.18. The van der Waals surface area contributed by atoms with Crippen molar-refractivity contribution in [3.8, 4) is 0 Å². The number of nitrogens with zero attached hydrogens (tertiary/aromatic N) is 2. The summed E-state index contributed by atoms with van der Waals surface area (Å²) in [7, 11) is 0. The summed E-state index contributed by atoms with van der Waals surface area (Å²) >= 11 is 12.1. The van der Waals surface area contributed by atoms with Gasteiger partial charge >= 0.3 is 0 Å². The number of hydrogen-bond donors (Lipinski definition) is 1. The highest BCUT2D eigenvalue weighted by molar-refractivity contribution is 6.35. The number of aromatic nitrogens is 2. The van der Waals surface area contributed by atoms with Gasteiger partial charge in [-0.05, 0) is 37.5 Å². The van der Waals surface area contributed by atoms with Gasteiger partial charge in [-0.3, -0.25) is 0 Å². The maximum atomic E-state index is 6.18. The van der Waals surface area contributed by atoms with E-state index in [0.717, 1.165) is 24.8 Å². The van der Waals surface area contributed by atoms with Gasteiger partial charge in [-0.1, -0.05) is 40.8 Å². The number of nitrogens with two attached hydrogens (primary N) is 1. The van der Waals surface area contributed by atoms with Gasteiger partial charge in [0.2, 0.25) is 5.89 Å². The van der Waals surface area contributed by atoms with E-state index in [9.17, 15) is 0 Å². The van der Waals surface area contributed by atoms with Crippen LogP contribution in [0.4, 0.5) is 0 Å². The van der Waals surface area contributed by atoms with Gasteiger partial charge in [-0.25, -0.2) is 0 Å². The highest BCUT2D eigenvalue weighted by Gasteiger charge is 2.42. The van der Waals surface area contributed by atoms with Crippen LogP contribution in [0.3, 0.4) is 0 Å². The molecule has 6 heteroatoms. The molecule has 1 saturated carbocycles. The largest absolute Gasteiger partial charge is 0.339 e. The van der Waals surface area contributed by atoms with Crippen molar-refractivity contribution in [2.75, 3.05) is 0 Å². The number of hydrogen-bond acceptors (Lipinski definition) is 4. The van der Waals surface area contributed by atoms with E-state index in [2.05, 4.69) is 17.1 Å². The van der Waals surface area contributed by atoms with Crippen molar-refractivity contribution in [1.82, 2.24) is 10.1 Å². The zero-order chi connectivity index (χ0) is 15.0. The van der Waals surface area contributed by atoms with E-state index in [1.807, 2.05) is 6.07 Å². The van der Waals surface area contributed by atoms with E-state index < -0.39 is 0 Å². The minimum Gasteiger partial charge on any atom is -0.339 e. The fraction of sp³-hybridized carbons (Fsp3) is 0.467. The summed E-state index contributed by atoms with van der Waals surface area (Å²) in [6.45, 7) is 2.09. The number of benzene rings is 1. The van der Waals surface area contributed by atoms with Gasteiger partial charge in [-0.2, -0.15) is 4.98 Å². The van der Waals surface area contributed by atoms with Gasteiger partial charge in [0.1, 0.15) is 0 Å². The van der Waals surface area contributed by atoms with Crippen LogP contribution in [0.2, 0.25) is 10.0 Å². The fourth-order valence-corrected chi connectivity index (χ4v) is 3.33. The zero-order valence-corrected chi connectivity index (χ0v) is 13.3. The molecule has 1 aromatic carbocycles. The third-order valence-electron chi connectivity index (χ3n) is 4.35. The van der Waals surface area contributed by atoms with E-state index >= 15 is 0 Å². The molecule has 1 aromatic heterocycles. The Kier molecular flexibility index (Phi) is 3.95. The molecule has 0 saturated heterocycles. The Morgan fingerprint density at radius 3 is 2.90 bits per heavy atom. The van der Waals surface area contributed by atoms with Crippen LogP contribution in [0.5, 0.6) is 0 Å². The third kappa shape index (κ3) is 2.80. The Bertz CT molecular complexity index is 658. The van der Waals surface area contributed by atoms with Gasteiger partial charge in [0, 0.05) is 22.5 Å². The van der Waals surface area contributed by atoms with Crippen LogP contribution < -0.4 is 5.73 Å². The molecule has 0 aliphatic heterocycles. The van der Waals surface area contributed by atoms with E-state index in [4.69, 9.17) is 33.5 Å². The lowest BCUT2D eigenvalue weighted by Gasteiger charge is -2.23. The van der Waals surface area contributed by atoms with Crippen molar-refractivity contribution in [2.45, 2.75) is 44.1 Å². The molecule has 2 atom stereocenters. The van der Waals surface area contributed by atoms with Crippen LogP contribution in [0.15, 0.2) is 22.7 Å². The van der Waals surface area contributed by atoms with Crippen LogP contribution in [-0.2, 0) is 11.8 Å². The van der Waals surface area contributed by atoms with Gasteiger partial charge in [0.25, 0.3) is 0 Å². The lowest BCUT2D eigenvalue weighted by molar-refractivity contribution is 0.276. The fourth-order valence-electron chi connectivity index (χ4n) is 2.85. The molecular weight excluding hydrogens is 309 g/mol. The lowest BCUT2D eigenvalue weighted by Crippen LogP contribution is -2.38. The summed E-state index contributed by atoms with van der Waals surface area (Å²) in [5.41, 5.74) is 6.90. The van der Waals surface area contributed by atoms with Crippen molar-refractivity contribution in [3.05, 3.63) is 45.5 Å². The third-order valence-corrected chi connectivity index (χ3v) is 4.94. The zero-order valence-electron chi connectivity index (χ0n) is 11.8. The van der Waals surface area contributed by atoms with Gasteiger partial charge in [0.15, 0.2) is 5.82 Å². The van der Waals surface area contributed by atoms with Gasteiger partial charge in [-0.15, -0.1) is 0 Å². The summed E-state index contributed by atoms with van der Waals surface area (Å²) < 4.78 is 5.45. The summed E-state index contributed by atoms with van der Waals surface area (Å²) in [5.74, 6) is 1.25. The monoisotopic (exact) mass is 325 g/mol. The minimum absolute atomic E-state index is 0.0740. The molecule has 2 N–H and O–H groups in total. The van der Waals surface area contributed by atoms with E-state index in [1.165, 1.54) is 0 Å². The molecule has 0 amide bonds. The van der Waals surface area contributed by atoms with Crippen LogP contribution in [0, 0.1) is 0 Å². The van der Waals surface area contributed by atoms with E-state index in [1.54, 1.807) is 12.1 Å². The first-order valence-electron chi connectivity index (χ1n) is 7.01. The first kappa shape index (κ1) is 14.8. The Balaban J connectivity index is 1.82. The summed E-state index contributed by atoms with van der Waals surface area (Å²) in [4.78, 5) is 4.52. The van der Waals surface area contributed by atoms with Crippen molar-refractivity contribution in [2.24, 2.45) is 5.73 Å². The summed E-state index contributed by atoms with van der Waals surface area (Å²) in [5, 5.41) is 5.29. The smallest absolute Gasteiger partial charge is 0.234 e. The first-order valence-corrected chi connectivity index (χ1v) is 7.77. The summed E-state index contributed by atoms with van der Waals surface area (Å²) in [6, 6.07) is 5.47. The summed E-state index contributed by atoms with van der Waals surface area (Å²) in [6.07, 6.45) is 3.60. The first-order chi connectivity index (χ1) is 9.99. The molecule has 0 bridgehead atoms. The average Bonchev–Trinajstić information content (AvgIpc) is 3.02. The SMILES string of the molecule is CC1(c2nc(Cc3ccc(Cl)cc3Cl)no2)CCCC1N. The quantitative estimate of drug-likeness (QED) is 0.933. The molecule has 1 aliphatic rings. The molecule has 0 spiro atoms. The van der Waals surface area contributed by atoms with E-state index in [-0.39, 0.29) is 11.5 Å². The van der Waals surface area contributed by atoms with Crippen LogP contribution >= 0.6 is 23.2 Å². The second-order valence-corrected chi connectivity index (χ2v) is 6.69. The predicted molar refractivity (Wildman–Crippen MR) is 82.7 cm³/mol. The molecule has 1 aliphatic carbocycles. The van der Waals surface area contributed by atoms with Gasteiger partial charge < -0.3 is 10.3 Å². The lowest BCUT2D eigenvalue weighted by atomic mass is 9.85. The highest BCUT2D eigenvalue weighted by atomic mass is 35.5. The molecule has 3 rings (SSSR count). The van der Waals surface area contributed by atoms with Crippen LogP contribution in [0.1, 0.15) is 43.5 Å². The predicted octanol–water partition coefficient (Wildman–Crippen LogP) is 3.74. The Morgan fingerprint density at radius 2 is 2.24 bits per heavy atom. The molecule has 4 nitrogen and oxygen atoms in total. The Hall–Kier alpha value is -1.10. The topological polar surface area (TPSA) is 64.9 Å². The van der Waals surface area contributed by atoms with E-state index in [0.29, 0.717) is 28.2 Å².